The highest BCUT2D eigenvalue weighted by atomic mass is 16.8. The Hall–Kier alpha value is -5.36. The highest BCUT2D eigenvalue weighted by Gasteiger charge is 2.82. The number of nitrogens with zero attached hydrogens (tertiary/aromatic N) is 4. The Labute approximate surface area is 657 Å². The molecular formula is C88H116N4O20. The molecule has 4 aromatic rings. The maximum Gasteiger partial charge on any atom is 0.207 e. The molecule has 608 valence electrons. The monoisotopic (exact) mass is 1550 g/mol. The number of aliphatic hydroxyl groups is 4. The van der Waals surface area contributed by atoms with Crippen LogP contribution in [0.5, 0.6) is 46.0 Å². The van der Waals surface area contributed by atoms with Gasteiger partial charge in [0.05, 0.1) is 123 Å². The highest BCUT2D eigenvalue weighted by Crippen LogP contribution is 2.74. The molecule has 24 heteroatoms. The van der Waals surface area contributed by atoms with Gasteiger partial charge in [-0.15, -0.1) is 0 Å². The predicted octanol–water partition coefficient (Wildman–Crippen LogP) is 8.00. The fraction of sp³-hybridized carbons (Fsp3) is 0.727. The molecule has 0 aromatic heterocycles. The van der Waals surface area contributed by atoms with E-state index >= 15 is 0 Å². The van der Waals surface area contributed by atoms with Gasteiger partial charge in [-0.2, -0.15) is 0 Å². The molecule has 0 radical (unpaired) electrons. The number of rotatable bonds is 4. The summed E-state index contributed by atoms with van der Waals surface area (Å²) in [5, 5.41) is 49.0. The summed E-state index contributed by atoms with van der Waals surface area (Å²) in [6.45, 7) is 14.8. The van der Waals surface area contributed by atoms with Gasteiger partial charge in [-0.05, 0) is 231 Å². The Morgan fingerprint density at radius 1 is 0.312 bits per heavy atom. The van der Waals surface area contributed by atoms with Crippen molar-refractivity contribution in [2.24, 2.45) is 0 Å². The SMILES string of the molecule is COc1ccc2c3c1O[C@H]1[C@@]4(CCC5(O)[C@@H](C2)N(C)CC[C@]315)OCC[C@@H](C)O4.COc1ccc2c3c1O[C@H]1[C@@]4(CCC5(O)[C@@H](C2)N(C)CC[C@]315)OCC[C@H](C)O4.COc1ccc2c3c1O[C@H]1[C@]4(CCC5(O)[C@@H](C2)N(C)CC[C@]315)OCC[C@@H](C)O4.COc1ccc2c3c1O[C@H]1[C@]4(CCC5(O)[C@@H](C2)N(C)CC[C@]315)OCC[C@H](C)O4. The second-order valence-corrected chi connectivity index (χ2v) is 37.4. The molecule has 4 saturated carbocycles. The van der Waals surface area contributed by atoms with Gasteiger partial charge in [0.25, 0.3) is 0 Å². The van der Waals surface area contributed by atoms with E-state index in [0.29, 0.717) is 77.8 Å². The van der Waals surface area contributed by atoms with Crippen molar-refractivity contribution >= 4 is 0 Å². The fourth-order valence-corrected chi connectivity index (χ4v) is 27.8. The first kappa shape index (κ1) is 74.2. The molecule has 4 N–H and O–H groups in total. The Morgan fingerprint density at radius 2 is 0.527 bits per heavy atom. The van der Waals surface area contributed by atoms with Crippen LogP contribution in [0, 0.1) is 0 Å². The van der Waals surface area contributed by atoms with Gasteiger partial charge in [-0.1, -0.05) is 24.3 Å². The molecule has 12 aliphatic heterocycles. The first-order valence-electron chi connectivity index (χ1n) is 42.3. The van der Waals surface area contributed by atoms with E-state index in [9.17, 15) is 20.4 Å². The Morgan fingerprint density at radius 3 is 0.723 bits per heavy atom. The third kappa shape index (κ3) is 9.14. The van der Waals surface area contributed by atoms with Crippen molar-refractivity contribution in [1.82, 2.24) is 19.6 Å². The lowest BCUT2D eigenvalue weighted by Crippen LogP contribution is -2.79. The van der Waals surface area contributed by atoms with Crippen molar-refractivity contribution in [2.45, 2.75) is 296 Å². The minimum Gasteiger partial charge on any atom is -0.493 e. The van der Waals surface area contributed by atoms with Gasteiger partial charge >= 0.3 is 0 Å². The summed E-state index contributed by atoms with van der Waals surface area (Å²) in [6.07, 6.45) is 14.5. The van der Waals surface area contributed by atoms with E-state index in [4.69, 9.17) is 75.8 Å². The van der Waals surface area contributed by atoms with E-state index in [1.807, 2.05) is 24.3 Å². The molecule has 8 aliphatic carbocycles. The summed E-state index contributed by atoms with van der Waals surface area (Å²) in [4.78, 5) is 9.32. The molecular weight excluding hydrogens is 1430 g/mol. The molecule has 4 unspecified atom stereocenters. The number of benzene rings is 4. The van der Waals surface area contributed by atoms with Crippen molar-refractivity contribution < 1.29 is 96.2 Å². The van der Waals surface area contributed by atoms with Gasteiger partial charge in [-0.3, -0.25) is 0 Å². The summed E-state index contributed by atoms with van der Waals surface area (Å²) in [5.74, 6) is 2.90. The van der Waals surface area contributed by atoms with E-state index in [2.05, 4.69) is 99.8 Å². The summed E-state index contributed by atoms with van der Waals surface area (Å²) < 4.78 is 101. The fourth-order valence-electron chi connectivity index (χ4n) is 27.8. The summed E-state index contributed by atoms with van der Waals surface area (Å²) in [6, 6.07) is 16.9. The first-order chi connectivity index (χ1) is 53.8. The number of hydrogen-bond donors (Lipinski definition) is 4. The molecule has 8 spiro atoms. The maximum absolute atomic E-state index is 12.3. The van der Waals surface area contributed by atoms with Crippen LogP contribution in [0.1, 0.15) is 175 Å². The second-order valence-electron chi connectivity index (χ2n) is 37.4. The van der Waals surface area contributed by atoms with Gasteiger partial charge < -0.3 is 116 Å². The number of methoxy groups -OCH3 is 4. The number of piperidine rings is 4. The van der Waals surface area contributed by atoms with Crippen LogP contribution in [0.15, 0.2) is 48.5 Å². The zero-order valence-electron chi connectivity index (χ0n) is 67.5. The molecule has 8 saturated heterocycles. The van der Waals surface area contributed by atoms with E-state index < -0.39 is 67.2 Å². The summed E-state index contributed by atoms with van der Waals surface area (Å²) in [5.41, 5.74) is 4.16. The lowest BCUT2D eigenvalue weighted by molar-refractivity contribution is -0.364. The zero-order valence-corrected chi connectivity index (χ0v) is 67.5. The van der Waals surface area contributed by atoms with Crippen molar-refractivity contribution in [3.63, 3.8) is 0 Å². The quantitative estimate of drug-likeness (QED) is 0.151. The van der Waals surface area contributed by atoms with Crippen LogP contribution in [-0.4, -0.2) is 268 Å². The van der Waals surface area contributed by atoms with Gasteiger partial charge in [0.2, 0.25) is 23.1 Å². The molecule has 12 heterocycles. The average Bonchev–Trinajstić information content (AvgIpc) is 1.46. The Kier molecular flexibility index (Phi) is 16.6. The van der Waals surface area contributed by atoms with Crippen LogP contribution in [0.3, 0.4) is 0 Å². The molecule has 112 heavy (non-hydrogen) atoms. The average molecular weight is 1550 g/mol. The Balaban J connectivity index is 0.0000000943. The minimum atomic E-state index is -0.853. The second kappa shape index (κ2) is 25.1. The third-order valence-electron chi connectivity index (χ3n) is 32.8. The van der Waals surface area contributed by atoms with E-state index in [0.717, 1.165) is 171 Å². The van der Waals surface area contributed by atoms with Crippen molar-refractivity contribution in [1.29, 1.82) is 0 Å². The largest absolute Gasteiger partial charge is 0.493 e. The highest BCUT2D eigenvalue weighted by molar-refractivity contribution is 5.68. The Bertz CT molecular complexity index is 3930. The number of fused-ring (bicyclic) bond motifs is 4. The molecule has 20 aliphatic rings. The molecule has 24 nitrogen and oxygen atoms in total. The van der Waals surface area contributed by atoms with Crippen LogP contribution < -0.4 is 37.9 Å². The van der Waals surface area contributed by atoms with Gasteiger partial charge in [0.15, 0.2) is 70.4 Å². The predicted molar refractivity (Wildman–Crippen MR) is 407 cm³/mol. The minimum absolute atomic E-state index is 0.0811. The molecule has 24 rings (SSSR count). The van der Waals surface area contributed by atoms with Crippen molar-refractivity contribution in [3.05, 3.63) is 93.0 Å². The van der Waals surface area contributed by atoms with Gasteiger partial charge in [0.1, 0.15) is 0 Å². The molecule has 4 aromatic carbocycles. The number of hydrogen-bond acceptors (Lipinski definition) is 24. The number of likely N-dealkylation sites (tertiary alicyclic amines) is 4. The van der Waals surface area contributed by atoms with Crippen LogP contribution in [-0.2, 0) is 85.2 Å². The molecule has 0 amide bonds. The lowest BCUT2D eigenvalue weighted by Gasteiger charge is -2.65. The standard InChI is InChI=1S/4C22H29NO5/c4*1-13-6-11-26-22(28-13)8-7-21(24)16-12-14-4-5-15(25-3)18-17(14)20(21,19(22)27-18)9-10-23(16)2/h4*4-5,13,16,19,24H,6-12H2,1-3H3/t13-,16+,19+,20-,21?,22+;13-,16+,19+,20-,21?,22-;13-,16-,19-,20+,21?,22+;13-,16-,19-,20+,21?,22-/m0011/s1. The third-order valence-corrected chi connectivity index (χ3v) is 32.8. The van der Waals surface area contributed by atoms with E-state index in [1.54, 1.807) is 28.4 Å². The molecule has 8 bridgehead atoms. The molecule has 12 fully saturated rings. The van der Waals surface area contributed by atoms with E-state index in [1.165, 1.54) is 22.3 Å². The summed E-state index contributed by atoms with van der Waals surface area (Å²) >= 11 is 0. The van der Waals surface area contributed by atoms with E-state index in [-0.39, 0.29) is 73.0 Å². The first-order valence-corrected chi connectivity index (χ1v) is 42.3. The van der Waals surface area contributed by atoms with Crippen molar-refractivity contribution in [2.75, 3.05) is 109 Å². The van der Waals surface area contributed by atoms with Crippen molar-refractivity contribution in [3.8, 4) is 46.0 Å². The normalized spacial score (nSPS) is 46.2. The zero-order chi connectivity index (χ0) is 77.2. The van der Waals surface area contributed by atoms with Gasteiger partial charge in [-0.25, -0.2) is 0 Å². The summed E-state index contributed by atoms with van der Waals surface area (Å²) in [7, 11) is 15.3. The van der Waals surface area contributed by atoms with Crippen LogP contribution in [0.25, 0.3) is 0 Å². The topological polar surface area (TPSA) is 242 Å². The van der Waals surface area contributed by atoms with Crippen LogP contribution >= 0.6 is 0 Å². The number of likely N-dealkylation sites (N-methyl/N-ethyl adjacent to an activating group) is 4. The maximum atomic E-state index is 12.3. The molecule has 24 atom stereocenters. The van der Waals surface area contributed by atoms with Crippen LogP contribution in [0.2, 0.25) is 0 Å². The van der Waals surface area contributed by atoms with Gasteiger partial charge in [0, 0.05) is 72.1 Å². The smallest absolute Gasteiger partial charge is 0.207 e. The number of ether oxygens (including phenoxy) is 16. The lowest BCUT2D eigenvalue weighted by atomic mass is 9.48. The van der Waals surface area contributed by atoms with Crippen LogP contribution in [0.4, 0.5) is 0 Å².